The van der Waals surface area contributed by atoms with Gasteiger partial charge in [-0.2, -0.15) is 0 Å². The first-order valence-electron chi connectivity index (χ1n) is 9.41. The van der Waals surface area contributed by atoms with Crippen LogP contribution in [0.2, 0.25) is 0 Å². The second-order valence-electron chi connectivity index (χ2n) is 6.97. The molecule has 28 heavy (non-hydrogen) atoms. The Balaban J connectivity index is 1.85. The van der Waals surface area contributed by atoms with Crippen LogP contribution in [0.15, 0.2) is 52.6 Å². The summed E-state index contributed by atoms with van der Waals surface area (Å²) in [4.78, 5) is 9.39. The lowest BCUT2D eigenvalue weighted by Gasteiger charge is -2.27. The number of hydrogen-bond donors (Lipinski definition) is 1. The van der Waals surface area contributed by atoms with E-state index >= 15 is 0 Å². The third kappa shape index (κ3) is 3.09. The number of hydrogen-bond acceptors (Lipinski definition) is 6. The molecule has 2 unspecified atom stereocenters. The Morgan fingerprint density at radius 3 is 2.79 bits per heavy atom. The zero-order valence-electron chi connectivity index (χ0n) is 16.1. The Hall–Kier alpha value is -2.67. The molecule has 0 spiro atoms. The molecule has 0 fully saturated rings. The summed E-state index contributed by atoms with van der Waals surface area (Å²) in [7, 11) is -3.28. The van der Waals surface area contributed by atoms with Gasteiger partial charge in [0.15, 0.2) is 9.84 Å². The van der Waals surface area contributed by atoms with Gasteiger partial charge in [0.2, 0.25) is 5.90 Å². The maximum Gasteiger partial charge on any atom is 0.212 e. The monoisotopic (exact) mass is 397 g/mol. The zero-order valence-corrected chi connectivity index (χ0v) is 17.0. The molecular formula is C21H23N3O3S. The number of nitrogens with one attached hydrogen (secondary N) is 1. The maximum atomic E-state index is 12.4. The van der Waals surface area contributed by atoms with E-state index in [4.69, 9.17) is 4.74 Å². The first-order valence-corrected chi connectivity index (χ1v) is 11.1. The van der Waals surface area contributed by atoms with Crippen LogP contribution in [0.25, 0.3) is 5.57 Å². The van der Waals surface area contributed by atoms with Gasteiger partial charge in [-0.3, -0.25) is 0 Å². The highest BCUT2D eigenvalue weighted by molar-refractivity contribution is 7.91. The highest BCUT2D eigenvalue weighted by Gasteiger charge is 2.42. The molecule has 2 aliphatic rings. The largest absolute Gasteiger partial charge is 0.480 e. The lowest BCUT2D eigenvalue weighted by atomic mass is 9.83. The predicted molar refractivity (Wildman–Crippen MR) is 110 cm³/mol. The fraction of sp³-hybridized carbons (Fsp3) is 0.333. The highest BCUT2D eigenvalue weighted by atomic mass is 32.2. The average Bonchev–Trinajstić information content (AvgIpc) is 3.08. The molecule has 146 valence electrons. The molecule has 1 aromatic heterocycles. The van der Waals surface area contributed by atoms with Gasteiger partial charge in [0.1, 0.15) is 11.9 Å². The Morgan fingerprint density at radius 2 is 2.04 bits per heavy atom. The Bertz CT molecular complexity index is 1090. The number of ether oxygens (including phenoxy) is 1. The summed E-state index contributed by atoms with van der Waals surface area (Å²) in [5, 5.41) is 3.43. The Morgan fingerprint density at radius 1 is 1.21 bits per heavy atom. The lowest BCUT2D eigenvalue weighted by molar-refractivity contribution is 0.311. The maximum absolute atomic E-state index is 12.4. The van der Waals surface area contributed by atoms with Gasteiger partial charge in [-0.25, -0.2) is 18.4 Å². The summed E-state index contributed by atoms with van der Waals surface area (Å²) in [5.41, 5.74) is 3.95. The summed E-state index contributed by atoms with van der Waals surface area (Å²) >= 11 is 0. The van der Waals surface area contributed by atoms with Crippen LogP contribution < -0.4 is 5.32 Å². The van der Waals surface area contributed by atoms with E-state index in [9.17, 15) is 8.42 Å². The molecule has 0 aliphatic carbocycles. The van der Waals surface area contributed by atoms with Crippen LogP contribution in [0.3, 0.4) is 0 Å². The van der Waals surface area contributed by atoms with Gasteiger partial charge in [-0.05, 0) is 42.7 Å². The topological polar surface area (TPSA) is 80.7 Å². The van der Waals surface area contributed by atoms with Crippen molar-refractivity contribution in [2.24, 2.45) is 4.99 Å². The van der Waals surface area contributed by atoms with Gasteiger partial charge in [-0.15, -0.1) is 0 Å². The molecule has 0 radical (unpaired) electrons. The summed E-state index contributed by atoms with van der Waals surface area (Å²) in [6.07, 6.45) is 3.63. The normalized spacial score (nSPS) is 20.5. The quantitative estimate of drug-likeness (QED) is 0.853. The molecule has 2 aliphatic heterocycles. The van der Waals surface area contributed by atoms with Gasteiger partial charge < -0.3 is 10.1 Å². The molecule has 2 atom stereocenters. The van der Waals surface area contributed by atoms with Gasteiger partial charge in [-0.1, -0.05) is 25.1 Å². The van der Waals surface area contributed by atoms with Crippen LogP contribution in [0, 0.1) is 6.92 Å². The van der Waals surface area contributed by atoms with E-state index in [0.717, 1.165) is 28.1 Å². The van der Waals surface area contributed by atoms with Crippen molar-refractivity contribution in [1.29, 1.82) is 0 Å². The first kappa shape index (κ1) is 18.7. The smallest absolute Gasteiger partial charge is 0.212 e. The molecule has 0 saturated carbocycles. The van der Waals surface area contributed by atoms with Crippen molar-refractivity contribution in [3.05, 3.63) is 59.4 Å². The third-order valence-corrected chi connectivity index (χ3v) is 6.88. The molecule has 6 nitrogen and oxygen atoms in total. The van der Waals surface area contributed by atoms with Crippen molar-refractivity contribution < 1.29 is 13.2 Å². The van der Waals surface area contributed by atoms with Gasteiger partial charge >= 0.3 is 0 Å². The average molecular weight is 398 g/mol. The van der Waals surface area contributed by atoms with Crippen LogP contribution in [0.5, 0.6) is 0 Å². The van der Waals surface area contributed by atoms with Crippen molar-refractivity contribution in [2.45, 2.75) is 37.6 Å². The van der Waals surface area contributed by atoms with Crippen molar-refractivity contribution in [3.63, 3.8) is 0 Å². The van der Waals surface area contributed by atoms with E-state index in [1.54, 1.807) is 31.3 Å². The second-order valence-corrected chi connectivity index (χ2v) is 9.24. The number of pyridine rings is 1. The van der Waals surface area contributed by atoms with E-state index in [2.05, 4.69) is 21.4 Å². The van der Waals surface area contributed by atoms with Crippen LogP contribution in [0.4, 0.5) is 5.82 Å². The Labute approximate surface area is 165 Å². The minimum absolute atomic E-state index is 0.0407. The van der Waals surface area contributed by atoms with E-state index in [1.807, 2.05) is 26.1 Å². The molecule has 1 N–H and O–H groups in total. The minimum atomic E-state index is -3.28. The second kappa shape index (κ2) is 7.05. The van der Waals surface area contributed by atoms with Crippen molar-refractivity contribution in [1.82, 2.24) is 4.98 Å². The van der Waals surface area contributed by atoms with Gasteiger partial charge in [0, 0.05) is 23.9 Å². The van der Waals surface area contributed by atoms with Crippen LogP contribution >= 0.6 is 0 Å². The standard InChI is InChI=1S/C21H23N3O3S/c1-4-27-21-19-18(16-9-13(3)11-22-20(16)24-19)17(12-23-21)14-7-6-8-15(10-14)28(25,26)5-2/h6-12,18-19H,4-5H2,1-3H3,(H,22,24). The minimum Gasteiger partial charge on any atom is -0.480 e. The van der Waals surface area contributed by atoms with Crippen LogP contribution in [0.1, 0.15) is 36.5 Å². The molecule has 2 aromatic rings. The summed E-state index contributed by atoms with van der Waals surface area (Å²) in [6.45, 7) is 6.13. The van der Waals surface area contributed by atoms with Crippen LogP contribution in [-0.4, -0.2) is 37.7 Å². The number of fused-ring (bicyclic) bond motifs is 3. The summed E-state index contributed by atoms with van der Waals surface area (Å²) in [5.74, 6) is 1.48. The summed E-state index contributed by atoms with van der Waals surface area (Å²) in [6, 6.07) is 9.06. The number of aryl methyl sites for hydroxylation is 1. The SMILES string of the molecule is CCOC1=NC=C(c2cccc(S(=O)(=O)CC)c2)C2c3cc(C)cnc3NC12. The van der Waals surface area contributed by atoms with Gasteiger partial charge in [0.25, 0.3) is 0 Å². The fourth-order valence-electron chi connectivity index (χ4n) is 3.77. The number of benzene rings is 1. The molecule has 3 heterocycles. The zero-order chi connectivity index (χ0) is 19.9. The first-order chi connectivity index (χ1) is 13.4. The van der Waals surface area contributed by atoms with Crippen molar-refractivity contribution in [3.8, 4) is 0 Å². The van der Waals surface area contributed by atoms with E-state index in [1.165, 1.54) is 0 Å². The van der Waals surface area contributed by atoms with Gasteiger partial charge in [0.05, 0.1) is 17.3 Å². The fourth-order valence-corrected chi connectivity index (χ4v) is 4.70. The number of sulfone groups is 1. The molecule has 4 rings (SSSR count). The molecule has 1 aromatic carbocycles. The molecular weight excluding hydrogens is 374 g/mol. The molecule has 0 amide bonds. The highest BCUT2D eigenvalue weighted by Crippen LogP contribution is 2.46. The van der Waals surface area contributed by atoms with E-state index in [-0.39, 0.29) is 17.7 Å². The number of aliphatic imine (C=N–C) groups is 1. The number of anilines is 1. The third-order valence-electron chi connectivity index (χ3n) is 5.15. The van der Waals surface area contributed by atoms with E-state index < -0.39 is 9.84 Å². The van der Waals surface area contributed by atoms with E-state index in [0.29, 0.717) is 17.4 Å². The predicted octanol–water partition coefficient (Wildman–Crippen LogP) is 3.55. The summed E-state index contributed by atoms with van der Waals surface area (Å²) < 4.78 is 30.5. The Kier molecular flexibility index (Phi) is 4.71. The molecule has 0 saturated heterocycles. The number of rotatable bonds is 4. The van der Waals surface area contributed by atoms with Crippen molar-refractivity contribution in [2.75, 3.05) is 17.7 Å². The number of aromatic nitrogens is 1. The molecule has 0 bridgehead atoms. The lowest BCUT2D eigenvalue weighted by Crippen LogP contribution is -2.35. The molecule has 7 heteroatoms. The van der Waals surface area contributed by atoms with Crippen molar-refractivity contribution >= 4 is 27.1 Å². The van der Waals surface area contributed by atoms with Crippen LogP contribution in [-0.2, 0) is 14.6 Å². The number of nitrogens with zero attached hydrogens (tertiary/aromatic N) is 2.